The second-order valence-electron chi connectivity index (χ2n) is 6.94. The molecule has 0 saturated heterocycles. The van der Waals surface area contributed by atoms with Crippen LogP contribution in [0.25, 0.3) is 0 Å². The molecule has 0 amide bonds. The topological polar surface area (TPSA) is 12.0 Å². The molecule has 1 N–H and O–H groups in total. The highest BCUT2D eigenvalue weighted by Gasteiger charge is 2.34. The Morgan fingerprint density at radius 3 is 2.95 bits per heavy atom. The molecule has 1 saturated carbocycles. The molecule has 3 rings (SSSR count). The van der Waals surface area contributed by atoms with Gasteiger partial charge in [-0.05, 0) is 73.6 Å². The van der Waals surface area contributed by atoms with Gasteiger partial charge in [0.1, 0.15) is 0 Å². The normalized spacial score (nSPS) is 29.7. The summed E-state index contributed by atoms with van der Waals surface area (Å²) in [6.07, 6.45) is 9.31. The molecule has 0 spiro atoms. The number of rotatable bonds is 4. The van der Waals surface area contributed by atoms with E-state index in [-0.39, 0.29) is 0 Å². The molecule has 19 heavy (non-hydrogen) atoms. The van der Waals surface area contributed by atoms with Gasteiger partial charge in [0.15, 0.2) is 0 Å². The Kier molecular flexibility index (Phi) is 3.66. The van der Waals surface area contributed by atoms with Crippen molar-refractivity contribution in [2.45, 2.75) is 64.8 Å². The Hall–Kier alpha value is -0.820. The highest BCUT2D eigenvalue weighted by Crippen LogP contribution is 2.41. The Morgan fingerprint density at radius 1 is 1.26 bits per heavy atom. The minimum Gasteiger partial charge on any atom is -0.314 e. The first-order valence-electron chi connectivity index (χ1n) is 8.03. The molecule has 1 heteroatoms. The van der Waals surface area contributed by atoms with Crippen LogP contribution < -0.4 is 5.32 Å². The van der Waals surface area contributed by atoms with Gasteiger partial charge in [-0.1, -0.05) is 32.0 Å². The van der Waals surface area contributed by atoms with Crippen LogP contribution in [0.3, 0.4) is 0 Å². The van der Waals surface area contributed by atoms with E-state index in [1.807, 2.05) is 0 Å². The van der Waals surface area contributed by atoms with Crippen molar-refractivity contribution in [3.8, 4) is 0 Å². The van der Waals surface area contributed by atoms with E-state index in [9.17, 15) is 0 Å². The molecule has 2 aliphatic carbocycles. The molecule has 0 aliphatic heterocycles. The van der Waals surface area contributed by atoms with E-state index < -0.39 is 0 Å². The zero-order valence-corrected chi connectivity index (χ0v) is 12.5. The van der Waals surface area contributed by atoms with E-state index in [0.29, 0.717) is 5.41 Å². The van der Waals surface area contributed by atoms with Crippen LogP contribution in [-0.4, -0.2) is 12.6 Å². The van der Waals surface area contributed by atoms with Crippen molar-refractivity contribution in [2.24, 2.45) is 5.41 Å². The minimum atomic E-state index is 0.514. The van der Waals surface area contributed by atoms with Crippen molar-refractivity contribution in [3.05, 3.63) is 34.9 Å². The first kappa shape index (κ1) is 13.2. The fourth-order valence-corrected chi connectivity index (χ4v) is 4.17. The minimum absolute atomic E-state index is 0.514. The van der Waals surface area contributed by atoms with Gasteiger partial charge >= 0.3 is 0 Å². The fraction of sp³-hybridized carbons (Fsp3) is 0.667. The van der Waals surface area contributed by atoms with Crippen LogP contribution >= 0.6 is 0 Å². The number of aryl methyl sites for hydroxylation is 2. The van der Waals surface area contributed by atoms with E-state index in [2.05, 4.69) is 37.4 Å². The predicted molar refractivity (Wildman–Crippen MR) is 81.6 cm³/mol. The molecule has 2 unspecified atom stereocenters. The lowest BCUT2D eigenvalue weighted by Crippen LogP contribution is -2.28. The second kappa shape index (κ2) is 5.28. The zero-order chi connectivity index (χ0) is 13.3. The summed E-state index contributed by atoms with van der Waals surface area (Å²) < 4.78 is 0. The summed E-state index contributed by atoms with van der Waals surface area (Å²) in [6, 6.07) is 8.02. The predicted octanol–water partition coefficient (Wildman–Crippen LogP) is 3.89. The van der Waals surface area contributed by atoms with E-state index in [1.54, 1.807) is 16.7 Å². The van der Waals surface area contributed by atoms with Crippen molar-refractivity contribution >= 4 is 0 Å². The second-order valence-corrected chi connectivity index (χ2v) is 6.94. The summed E-state index contributed by atoms with van der Waals surface area (Å²) in [6.45, 7) is 5.81. The smallest absolute Gasteiger partial charge is 0.00724 e. The van der Waals surface area contributed by atoms with E-state index in [0.717, 1.165) is 12.6 Å². The van der Waals surface area contributed by atoms with E-state index >= 15 is 0 Å². The standard InChI is InChI=1S/C18H27N/c1-3-19-17-9-10-18(2,13-17)12-14-7-8-15-5-4-6-16(15)11-14/h7-8,11,17,19H,3-6,9-10,12-13H2,1-2H3. The van der Waals surface area contributed by atoms with Crippen LogP contribution in [0.15, 0.2) is 18.2 Å². The summed E-state index contributed by atoms with van der Waals surface area (Å²) in [5.74, 6) is 0. The SMILES string of the molecule is CCNC1CCC(C)(Cc2ccc3c(c2)CCC3)C1. The summed E-state index contributed by atoms with van der Waals surface area (Å²) in [7, 11) is 0. The third-order valence-corrected chi connectivity index (χ3v) is 5.12. The number of nitrogens with one attached hydrogen (secondary N) is 1. The molecule has 104 valence electrons. The lowest BCUT2D eigenvalue weighted by atomic mass is 9.81. The van der Waals surface area contributed by atoms with Crippen LogP contribution in [0.1, 0.15) is 56.2 Å². The molecular formula is C18H27N. The van der Waals surface area contributed by atoms with E-state index in [4.69, 9.17) is 0 Å². The first-order valence-corrected chi connectivity index (χ1v) is 8.03. The average Bonchev–Trinajstić information content (AvgIpc) is 2.96. The largest absolute Gasteiger partial charge is 0.314 e. The van der Waals surface area contributed by atoms with Crippen LogP contribution in [0.5, 0.6) is 0 Å². The van der Waals surface area contributed by atoms with Gasteiger partial charge in [0.05, 0.1) is 0 Å². The van der Waals surface area contributed by atoms with Gasteiger partial charge in [-0.25, -0.2) is 0 Å². The summed E-state index contributed by atoms with van der Waals surface area (Å²) in [5.41, 5.74) is 5.31. The van der Waals surface area contributed by atoms with Crippen molar-refractivity contribution < 1.29 is 0 Å². The van der Waals surface area contributed by atoms with Crippen molar-refractivity contribution in [1.82, 2.24) is 5.32 Å². The van der Waals surface area contributed by atoms with Crippen LogP contribution in [-0.2, 0) is 19.3 Å². The first-order chi connectivity index (χ1) is 9.18. The van der Waals surface area contributed by atoms with Gasteiger partial charge < -0.3 is 5.32 Å². The highest BCUT2D eigenvalue weighted by molar-refractivity contribution is 5.35. The Bertz CT molecular complexity index is 451. The van der Waals surface area contributed by atoms with E-state index in [1.165, 1.54) is 44.9 Å². The van der Waals surface area contributed by atoms with Crippen molar-refractivity contribution in [2.75, 3.05) is 6.54 Å². The van der Waals surface area contributed by atoms with Crippen molar-refractivity contribution in [3.63, 3.8) is 0 Å². The van der Waals surface area contributed by atoms with Crippen LogP contribution in [0, 0.1) is 5.41 Å². The van der Waals surface area contributed by atoms with Gasteiger partial charge in [0.2, 0.25) is 0 Å². The lowest BCUT2D eigenvalue weighted by molar-refractivity contribution is 0.322. The molecule has 2 atom stereocenters. The maximum Gasteiger partial charge on any atom is 0.00724 e. The Balaban J connectivity index is 1.68. The average molecular weight is 257 g/mol. The van der Waals surface area contributed by atoms with Gasteiger partial charge in [0, 0.05) is 6.04 Å². The van der Waals surface area contributed by atoms with Crippen molar-refractivity contribution in [1.29, 1.82) is 0 Å². The third-order valence-electron chi connectivity index (χ3n) is 5.12. The quantitative estimate of drug-likeness (QED) is 0.863. The molecule has 1 nitrogen and oxygen atoms in total. The van der Waals surface area contributed by atoms with Gasteiger partial charge in [-0.2, -0.15) is 0 Å². The van der Waals surface area contributed by atoms with Gasteiger partial charge in [0.25, 0.3) is 0 Å². The Labute approximate surface area is 117 Å². The number of benzene rings is 1. The molecular weight excluding hydrogens is 230 g/mol. The molecule has 0 bridgehead atoms. The van der Waals surface area contributed by atoms with Crippen LogP contribution in [0.4, 0.5) is 0 Å². The number of fused-ring (bicyclic) bond motifs is 1. The lowest BCUT2D eigenvalue weighted by Gasteiger charge is -2.25. The fourth-order valence-electron chi connectivity index (χ4n) is 4.17. The Morgan fingerprint density at radius 2 is 2.11 bits per heavy atom. The molecule has 2 aliphatic rings. The maximum absolute atomic E-state index is 3.63. The summed E-state index contributed by atoms with van der Waals surface area (Å²) >= 11 is 0. The number of hydrogen-bond acceptors (Lipinski definition) is 1. The molecule has 0 radical (unpaired) electrons. The summed E-state index contributed by atoms with van der Waals surface area (Å²) in [5, 5.41) is 3.63. The molecule has 0 heterocycles. The van der Waals surface area contributed by atoms with Gasteiger partial charge in [-0.3, -0.25) is 0 Å². The highest BCUT2D eigenvalue weighted by atomic mass is 14.9. The van der Waals surface area contributed by atoms with Crippen LogP contribution in [0.2, 0.25) is 0 Å². The maximum atomic E-state index is 3.63. The molecule has 0 aromatic heterocycles. The number of hydrogen-bond donors (Lipinski definition) is 1. The zero-order valence-electron chi connectivity index (χ0n) is 12.5. The monoisotopic (exact) mass is 257 g/mol. The van der Waals surface area contributed by atoms with Gasteiger partial charge in [-0.15, -0.1) is 0 Å². The molecule has 1 aromatic rings. The third kappa shape index (κ3) is 2.86. The molecule has 1 fully saturated rings. The summed E-state index contributed by atoms with van der Waals surface area (Å²) in [4.78, 5) is 0. The molecule has 1 aromatic carbocycles.